The summed E-state index contributed by atoms with van der Waals surface area (Å²) in [6, 6.07) is -0.495. The molecule has 1 saturated carbocycles. The number of aliphatic hydroxyl groups is 1. The Labute approximate surface area is 104 Å². The summed E-state index contributed by atoms with van der Waals surface area (Å²) >= 11 is 0. The summed E-state index contributed by atoms with van der Waals surface area (Å²) in [6.07, 6.45) is 4.32. The molecule has 100 valence electrons. The molecule has 0 aromatic rings. The van der Waals surface area contributed by atoms with Crippen molar-refractivity contribution in [2.24, 2.45) is 11.7 Å². The van der Waals surface area contributed by atoms with Crippen molar-refractivity contribution in [3.63, 3.8) is 0 Å². The first-order valence-corrected chi connectivity index (χ1v) is 6.69. The van der Waals surface area contributed by atoms with Gasteiger partial charge in [-0.3, -0.25) is 4.79 Å². The SMILES string of the molecule is CC[C@H](C)[C@H](N)C(=O)N(C)C1CCCCC1O. The number of nitrogens with zero attached hydrogens (tertiary/aromatic N) is 1. The molecule has 0 spiro atoms. The molecule has 2 unspecified atom stereocenters. The molecule has 1 fully saturated rings. The molecular weight excluding hydrogens is 216 g/mol. The van der Waals surface area contributed by atoms with Gasteiger partial charge >= 0.3 is 0 Å². The first kappa shape index (κ1) is 14.5. The fourth-order valence-electron chi connectivity index (χ4n) is 2.44. The number of hydrogen-bond donors (Lipinski definition) is 2. The number of amides is 1. The van der Waals surface area contributed by atoms with E-state index in [1.807, 2.05) is 13.8 Å². The number of carbonyl (C=O) groups excluding carboxylic acids is 1. The molecule has 0 bridgehead atoms. The Morgan fingerprint density at radius 2 is 2.06 bits per heavy atom. The molecule has 0 aromatic carbocycles. The minimum absolute atomic E-state index is 0.0368. The van der Waals surface area contributed by atoms with E-state index in [0.29, 0.717) is 0 Å². The summed E-state index contributed by atoms with van der Waals surface area (Å²) < 4.78 is 0. The summed E-state index contributed by atoms with van der Waals surface area (Å²) in [5.74, 6) is 0.149. The Bertz CT molecular complexity index is 258. The fourth-order valence-corrected chi connectivity index (χ4v) is 2.44. The number of aliphatic hydroxyl groups excluding tert-OH is 1. The molecule has 1 aliphatic rings. The fraction of sp³-hybridized carbons (Fsp3) is 0.923. The van der Waals surface area contributed by atoms with E-state index in [4.69, 9.17) is 5.73 Å². The molecule has 0 saturated heterocycles. The standard InChI is InChI=1S/C13H26N2O2/c1-4-9(2)12(14)13(17)15(3)10-7-5-6-8-11(10)16/h9-12,16H,4-8,14H2,1-3H3/t9-,10?,11?,12-/m0/s1. The predicted octanol–water partition coefficient (Wildman–Crippen LogP) is 1.12. The van der Waals surface area contributed by atoms with Crippen molar-refractivity contribution in [1.82, 2.24) is 4.90 Å². The maximum atomic E-state index is 12.2. The highest BCUT2D eigenvalue weighted by Gasteiger charge is 2.32. The summed E-state index contributed by atoms with van der Waals surface area (Å²) in [5.41, 5.74) is 5.95. The summed E-state index contributed by atoms with van der Waals surface area (Å²) in [5, 5.41) is 9.93. The number of carbonyl (C=O) groups is 1. The lowest BCUT2D eigenvalue weighted by Gasteiger charge is -2.37. The normalized spacial score (nSPS) is 28.5. The van der Waals surface area contributed by atoms with Gasteiger partial charge in [-0.1, -0.05) is 33.1 Å². The smallest absolute Gasteiger partial charge is 0.239 e. The zero-order valence-electron chi connectivity index (χ0n) is 11.2. The van der Waals surface area contributed by atoms with E-state index >= 15 is 0 Å². The van der Waals surface area contributed by atoms with Gasteiger partial charge in [0.25, 0.3) is 0 Å². The van der Waals surface area contributed by atoms with E-state index < -0.39 is 6.04 Å². The predicted molar refractivity (Wildman–Crippen MR) is 68.5 cm³/mol. The lowest BCUT2D eigenvalue weighted by atomic mass is 9.90. The third kappa shape index (κ3) is 3.42. The third-order valence-electron chi connectivity index (χ3n) is 4.08. The quantitative estimate of drug-likeness (QED) is 0.776. The average molecular weight is 242 g/mol. The zero-order chi connectivity index (χ0) is 13.0. The molecule has 4 nitrogen and oxygen atoms in total. The number of hydrogen-bond acceptors (Lipinski definition) is 3. The Morgan fingerprint density at radius 3 is 2.59 bits per heavy atom. The van der Waals surface area contributed by atoms with Gasteiger partial charge in [-0.15, -0.1) is 0 Å². The second-order valence-corrected chi connectivity index (χ2v) is 5.28. The van der Waals surface area contributed by atoms with Crippen LogP contribution in [0.2, 0.25) is 0 Å². The Morgan fingerprint density at radius 1 is 1.47 bits per heavy atom. The molecule has 4 heteroatoms. The van der Waals surface area contributed by atoms with E-state index in [9.17, 15) is 9.90 Å². The van der Waals surface area contributed by atoms with Crippen LogP contribution in [0.25, 0.3) is 0 Å². The van der Waals surface area contributed by atoms with Gasteiger partial charge in [0.2, 0.25) is 5.91 Å². The maximum Gasteiger partial charge on any atom is 0.239 e. The van der Waals surface area contributed by atoms with Gasteiger partial charge in [-0.25, -0.2) is 0 Å². The Kier molecular flexibility index (Phi) is 5.40. The van der Waals surface area contributed by atoms with Crippen LogP contribution in [0.3, 0.4) is 0 Å². The molecular formula is C13H26N2O2. The highest BCUT2D eigenvalue weighted by Crippen LogP contribution is 2.23. The van der Waals surface area contributed by atoms with E-state index in [0.717, 1.165) is 32.1 Å². The molecule has 0 radical (unpaired) electrons. The van der Waals surface area contributed by atoms with Crippen LogP contribution in [0.15, 0.2) is 0 Å². The molecule has 3 N–H and O–H groups in total. The van der Waals surface area contributed by atoms with Gasteiger partial charge in [0, 0.05) is 7.05 Å². The van der Waals surface area contributed by atoms with Gasteiger partial charge in [-0.05, 0) is 18.8 Å². The largest absolute Gasteiger partial charge is 0.391 e. The maximum absolute atomic E-state index is 12.2. The van der Waals surface area contributed by atoms with Gasteiger partial charge in [0.15, 0.2) is 0 Å². The van der Waals surface area contributed by atoms with E-state index in [1.54, 1.807) is 11.9 Å². The Hall–Kier alpha value is -0.610. The van der Waals surface area contributed by atoms with Crippen molar-refractivity contribution in [2.45, 2.75) is 64.1 Å². The third-order valence-corrected chi connectivity index (χ3v) is 4.08. The highest BCUT2D eigenvalue weighted by atomic mass is 16.3. The van der Waals surface area contributed by atoms with Crippen molar-refractivity contribution < 1.29 is 9.90 Å². The topological polar surface area (TPSA) is 66.6 Å². The lowest BCUT2D eigenvalue weighted by Crippen LogP contribution is -2.53. The van der Waals surface area contributed by atoms with Crippen molar-refractivity contribution in [2.75, 3.05) is 7.05 Å². The zero-order valence-corrected chi connectivity index (χ0v) is 11.2. The van der Waals surface area contributed by atoms with Crippen molar-refractivity contribution in [1.29, 1.82) is 0 Å². The first-order chi connectivity index (χ1) is 7.99. The molecule has 1 aliphatic carbocycles. The lowest BCUT2D eigenvalue weighted by molar-refractivity contribution is -0.138. The van der Waals surface area contributed by atoms with Crippen LogP contribution in [0.1, 0.15) is 46.0 Å². The average Bonchev–Trinajstić information content (AvgIpc) is 2.35. The first-order valence-electron chi connectivity index (χ1n) is 6.69. The molecule has 1 rings (SSSR count). The molecule has 0 aromatic heterocycles. The summed E-state index contributed by atoms with van der Waals surface area (Å²) in [4.78, 5) is 13.8. The van der Waals surface area contributed by atoms with E-state index in [-0.39, 0.29) is 24.0 Å². The Balaban J connectivity index is 2.61. The second-order valence-electron chi connectivity index (χ2n) is 5.28. The van der Waals surface area contributed by atoms with Crippen LogP contribution < -0.4 is 5.73 Å². The van der Waals surface area contributed by atoms with Crippen LogP contribution in [0.5, 0.6) is 0 Å². The van der Waals surface area contributed by atoms with Gasteiger partial charge in [0.1, 0.15) is 0 Å². The molecule has 1 amide bonds. The summed E-state index contributed by atoms with van der Waals surface area (Å²) in [7, 11) is 1.77. The van der Waals surface area contributed by atoms with E-state index in [1.165, 1.54) is 0 Å². The molecule has 0 heterocycles. The minimum Gasteiger partial charge on any atom is -0.391 e. The van der Waals surface area contributed by atoms with Gasteiger partial charge in [-0.2, -0.15) is 0 Å². The monoisotopic (exact) mass is 242 g/mol. The van der Waals surface area contributed by atoms with Crippen LogP contribution in [0, 0.1) is 5.92 Å². The van der Waals surface area contributed by atoms with Crippen molar-refractivity contribution in [3.8, 4) is 0 Å². The highest BCUT2D eigenvalue weighted by molar-refractivity contribution is 5.82. The molecule has 17 heavy (non-hydrogen) atoms. The van der Waals surface area contributed by atoms with Gasteiger partial charge in [0.05, 0.1) is 18.2 Å². The second kappa shape index (κ2) is 6.36. The summed E-state index contributed by atoms with van der Waals surface area (Å²) in [6.45, 7) is 4.03. The van der Waals surface area contributed by atoms with Crippen LogP contribution in [-0.4, -0.2) is 41.1 Å². The number of rotatable bonds is 4. The number of likely N-dealkylation sites (N-methyl/N-ethyl adjacent to an activating group) is 1. The molecule has 0 aliphatic heterocycles. The van der Waals surface area contributed by atoms with Crippen LogP contribution >= 0.6 is 0 Å². The van der Waals surface area contributed by atoms with Crippen LogP contribution in [-0.2, 0) is 4.79 Å². The van der Waals surface area contributed by atoms with Crippen LogP contribution in [0.4, 0.5) is 0 Å². The molecule has 4 atom stereocenters. The van der Waals surface area contributed by atoms with Crippen molar-refractivity contribution >= 4 is 5.91 Å². The van der Waals surface area contributed by atoms with Crippen molar-refractivity contribution in [3.05, 3.63) is 0 Å². The van der Waals surface area contributed by atoms with E-state index in [2.05, 4.69) is 0 Å². The van der Waals surface area contributed by atoms with Gasteiger partial charge < -0.3 is 15.7 Å². The number of nitrogens with two attached hydrogens (primary N) is 1. The minimum atomic E-state index is -0.445.